The van der Waals surface area contributed by atoms with E-state index < -0.39 is 5.41 Å². The minimum Gasteiger partial charge on any atom is -0.0622 e. The number of fused-ring (bicyclic) bond motifs is 12. The Morgan fingerprint density at radius 3 is 1.77 bits per heavy atom. The Balaban J connectivity index is 1.53. The fraction of sp³-hybridized carbons (Fsp3) is 0.0500. The van der Waals surface area contributed by atoms with Crippen LogP contribution in [-0.4, -0.2) is 0 Å². The van der Waals surface area contributed by atoms with Crippen LogP contribution in [0, 0.1) is 0 Å². The molecule has 0 heterocycles. The molecular weight excluding hydrogens is 480 g/mol. The third-order valence-electron chi connectivity index (χ3n) is 9.36. The van der Waals surface area contributed by atoms with Gasteiger partial charge in [0.2, 0.25) is 0 Å². The molecule has 2 aliphatic carbocycles. The van der Waals surface area contributed by atoms with Crippen LogP contribution >= 0.6 is 0 Å². The Kier molecular flexibility index (Phi) is 4.41. The fourth-order valence-electron chi connectivity index (χ4n) is 7.89. The van der Waals surface area contributed by atoms with E-state index in [9.17, 15) is 0 Å². The van der Waals surface area contributed by atoms with Crippen LogP contribution in [0.2, 0.25) is 0 Å². The summed E-state index contributed by atoms with van der Waals surface area (Å²) in [6.07, 6.45) is 0.982. The summed E-state index contributed by atoms with van der Waals surface area (Å²) in [4.78, 5) is 0. The zero-order chi connectivity index (χ0) is 26.3. The van der Waals surface area contributed by atoms with E-state index in [2.05, 4.69) is 146 Å². The fourth-order valence-corrected chi connectivity index (χ4v) is 7.89. The van der Waals surface area contributed by atoms with Gasteiger partial charge in [-0.25, -0.2) is 0 Å². The zero-order valence-electron chi connectivity index (χ0n) is 22.1. The van der Waals surface area contributed by atoms with Gasteiger partial charge in [-0.1, -0.05) is 146 Å². The zero-order valence-corrected chi connectivity index (χ0v) is 22.1. The third-order valence-corrected chi connectivity index (χ3v) is 9.36. The van der Waals surface area contributed by atoms with Gasteiger partial charge in [0.25, 0.3) is 0 Å². The first kappa shape index (κ1) is 21.9. The molecule has 0 bridgehead atoms. The molecule has 7 aromatic carbocycles. The van der Waals surface area contributed by atoms with Crippen LogP contribution in [-0.2, 0) is 11.8 Å². The average Bonchev–Trinajstić information content (AvgIpc) is 3.56. The van der Waals surface area contributed by atoms with Crippen molar-refractivity contribution in [1.29, 1.82) is 0 Å². The second-order valence-electron chi connectivity index (χ2n) is 11.2. The molecule has 0 unspecified atom stereocenters. The van der Waals surface area contributed by atoms with E-state index in [1.807, 2.05) is 0 Å². The lowest BCUT2D eigenvalue weighted by molar-refractivity contribution is 0.776. The van der Waals surface area contributed by atoms with Crippen molar-refractivity contribution in [2.24, 2.45) is 0 Å². The second kappa shape index (κ2) is 8.04. The van der Waals surface area contributed by atoms with Gasteiger partial charge >= 0.3 is 0 Å². The maximum Gasteiger partial charge on any atom is 0.0719 e. The lowest BCUT2D eigenvalue weighted by atomic mass is 9.66. The summed E-state index contributed by atoms with van der Waals surface area (Å²) in [6.45, 7) is 0. The van der Waals surface area contributed by atoms with Crippen LogP contribution in [0.15, 0.2) is 146 Å². The van der Waals surface area contributed by atoms with Gasteiger partial charge in [0.15, 0.2) is 0 Å². The molecule has 0 amide bonds. The molecule has 0 heteroatoms. The quantitative estimate of drug-likeness (QED) is 0.205. The van der Waals surface area contributed by atoms with E-state index in [1.165, 1.54) is 77.2 Å². The molecule has 0 saturated heterocycles. The molecule has 0 radical (unpaired) electrons. The van der Waals surface area contributed by atoms with Gasteiger partial charge in [-0.05, 0) is 83.6 Å². The smallest absolute Gasteiger partial charge is 0.0622 e. The van der Waals surface area contributed by atoms with Crippen LogP contribution in [0.5, 0.6) is 0 Å². The molecule has 186 valence electrons. The van der Waals surface area contributed by atoms with Crippen molar-refractivity contribution in [3.05, 3.63) is 179 Å². The van der Waals surface area contributed by atoms with E-state index in [4.69, 9.17) is 0 Å². The summed E-state index contributed by atoms with van der Waals surface area (Å²) < 4.78 is 0. The molecule has 0 aromatic heterocycles. The number of rotatable bonds is 2. The van der Waals surface area contributed by atoms with Gasteiger partial charge in [0, 0.05) is 0 Å². The van der Waals surface area contributed by atoms with E-state index in [-0.39, 0.29) is 0 Å². The molecular formula is C40H26. The summed E-state index contributed by atoms with van der Waals surface area (Å²) in [7, 11) is 0. The lowest BCUT2D eigenvalue weighted by Crippen LogP contribution is -2.28. The molecule has 7 aromatic rings. The van der Waals surface area contributed by atoms with Gasteiger partial charge in [-0.2, -0.15) is 0 Å². The summed E-state index contributed by atoms with van der Waals surface area (Å²) in [5.74, 6) is 0. The predicted octanol–water partition coefficient (Wildman–Crippen LogP) is 9.93. The van der Waals surface area contributed by atoms with E-state index in [0.29, 0.717) is 0 Å². The first-order chi connectivity index (χ1) is 19.9. The van der Waals surface area contributed by atoms with Crippen molar-refractivity contribution >= 4 is 21.5 Å². The summed E-state index contributed by atoms with van der Waals surface area (Å²) >= 11 is 0. The first-order valence-corrected chi connectivity index (χ1v) is 14.2. The van der Waals surface area contributed by atoms with E-state index in [0.717, 1.165) is 6.42 Å². The van der Waals surface area contributed by atoms with Crippen molar-refractivity contribution in [3.63, 3.8) is 0 Å². The Labute approximate surface area is 234 Å². The van der Waals surface area contributed by atoms with Crippen LogP contribution in [0.3, 0.4) is 0 Å². The molecule has 2 aliphatic rings. The molecule has 0 N–H and O–H groups in total. The maximum atomic E-state index is 2.41. The SMILES string of the molecule is c1ccc(C2(c3ccccc3)c3ccccc3-c3c2c2ccccc2c2c4c(ccc32)-c2ccccc2C4)cc1. The predicted molar refractivity (Wildman–Crippen MR) is 167 cm³/mol. The highest BCUT2D eigenvalue weighted by atomic mass is 14.5. The van der Waals surface area contributed by atoms with Crippen molar-refractivity contribution < 1.29 is 0 Å². The van der Waals surface area contributed by atoms with Crippen molar-refractivity contribution in [1.82, 2.24) is 0 Å². The van der Waals surface area contributed by atoms with Gasteiger partial charge in [0.05, 0.1) is 5.41 Å². The minimum atomic E-state index is -0.412. The summed E-state index contributed by atoms with van der Waals surface area (Å²) in [5.41, 5.74) is 13.4. The van der Waals surface area contributed by atoms with Gasteiger partial charge in [-0.3, -0.25) is 0 Å². The average molecular weight is 507 g/mol. The van der Waals surface area contributed by atoms with Crippen molar-refractivity contribution in [3.8, 4) is 22.3 Å². The molecule has 40 heavy (non-hydrogen) atoms. The highest BCUT2D eigenvalue weighted by Crippen LogP contribution is 2.61. The Bertz CT molecular complexity index is 2080. The molecule has 0 spiro atoms. The highest BCUT2D eigenvalue weighted by molar-refractivity contribution is 6.21. The van der Waals surface area contributed by atoms with Gasteiger partial charge < -0.3 is 0 Å². The normalized spacial score (nSPS) is 14.1. The Morgan fingerprint density at radius 1 is 0.425 bits per heavy atom. The van der Waals surface area contributed by atoms with Crippen LogP contribution in [0.25, 0.3) is 43.8 Å². The molecule has 0 saturated carbocycles. The van der Waals surface area contributed by atoms with Gasteiger partial charge in [0.1, 0.15) is 0 Å². The highest BCUT2D eigenvalue weighted by Gasteiger charge is 2.48. The van der Waals surface area contributed by atoms with E-state index >= 15 is 0 Å². The Hall–Kier alpha value is -4.94. The van der Waals surface area contributed by atoms with Gasteiger partial charge in [-0.15, -0.1) is 0 Å². The van der Waals surface area contributed by atoms with Crippen LogP contribution in [0.4, 0.5) is 0 Å². The topological polar surface area (TPSA) is 0 Å². The molecule has 0 aliphatic heterocycles. The number of benzene rings is 7. The van der Waals surface area contributed by atoms with Crippen LogP contribution in [0.1, 0.15) is 33.4 Å². The Morgan fingerprint density at radius 2 is 1.02 bits per heavy atom. The largest absolute Gasteiger partial charge is 0.0719 e. The maximum absolute atomic E-state index is 2.41. The standard InChI is InChI=1S/C40H26/c1-3-14-27(15-4-1)40(28-16-5-2-6-17-28)36-22-12-11-21-33(36)38-34-24-23-30-29-18-8-7-13-26(29)25-35(30)37(34)31-19-9-10-20-32(31)39(38)40/h1-24H,25H2. The molecule has 0 atom stereocenters. The monoisotopic (exact) mass is 506 g/mol. The van der Waals surface area contributed by atoms with Crippen molar-refractivity contribution in [2.45, 2.75) is 11.8 Å². The van der Waals surface area contributed by atoms with Crippen molar-refractivity contribution in [2.75, 3.05) is 0 Å². The number of hydrogen-bond donors (Lipinski definition) is 0. The summed E-state index contributed by atoms with van der Waals surface area (Å²) in [5, 5.41) is 5.47. The van der Waals surface area contributed by atoms with E-state index in [1.54, 1.807) is 0 Å². The summed E-state index contributed by atoms with van der Waals surface area (Å²) in [6, 6.07) is 54.3. The number of hydrogen-bond acceptors (Lipinski definition) is 0. The third kappa shape index (κ3) is 2.66. The molecule has 9 rings (SSSR count). The first-order valence-electron chi connectivity index (χ1n) is 14.2. The molecule has 0 fully saturated rings. The lowest BCUT2D eigenvalue weighted by Gasteiger charge is -2.35. The van der Waals surface area contributed by atoms with Crippen LogP contribution < -0.4 is 0 Å². The minimum absolute atomic E-state index is 0.412. The molecule has 0 nitrogen and oxygen atoms in total. The second-order valence-corrected chi connectivity index (χ2v) is 11.2.